The molecule has 0 unspecified atom stereocenters. The largest absolute Gasteiger partial charge is 0.469 e. The summed E-state index contributed by atoms with van der Waals surface area (Å²) in [5.41, 5.74) is 0.741. The van der Waals surface area contributed by atoms with Crippen LogP contribution < -0.4 is 5.32 Å². The Hall–Kier alpha value is -2.29. The maximum atomic E-state index is 12.2. The van der Waals surface area contributed by atoms with Crippen molar-refractivity contribution in [1.29, 1.82) is 5.26 Å². The lowest BCUT2D eigenvalue weighted by molar-refractivity contribution is -0.146. The number of aromatic nitrogens is 1. The van der Waals surface area contributed by atoms with Crippen LogP contribution in [0.2, 0.25) is 0 Å². The minimum atomic E-state index is -0.299. The number of methoxy groups -OCH3 is 1. The highest BCUT2D eigenvalue weighted by Crippen LogP contribution is 2.25. The Morgan fingerprint density at radius 2 is 2.14 bits per heavy atom. The van der Waals surface area contributed by atoms with Gasteiger partial charge >= 0.3 is 5.97 Å². The summed E-state index contributed by atoms with van der Waals surface area (Å²) in [4.78, 5) is 26.9. The maximum Gasteiger partial charge on any atom is 0.310 e. The number of esters is 1. The molecule has 2 rings (SSSR count). The number of nitriles is 1. The van der Waals surface area contributed by atoms with Crippen molar-refractivity contribution >= 4 is 11.9 Å². The van der Waals surface area contributed by atoms with Crippen LogP contribution in [0.5, 0.6) is 0 Å². The summed E-state index contributed by atoms with van der Waals surface area (Å²) in [5.74, 6) is -0.865. The second-order valence-corrected chi connectivity index (χ2v) is 5.26. The highest BCUT2D eigenvalue weighted by Gasteiger charge is 2.31. The molecule has 6 heteroatoms. The molecule has 0 spiro atoms. The van der Waals surface area contributed by atoms with Crippen molar-refractivity contribution in [2.45, 2.75) is 38.1 Å². The van der Waals surface area contributed by atoms with Crippen LogP contribution in [-0.2, 0) is 9.53 Å². The van der Waals surface area contributed by atoms with Gasteiger partial charge in [-0.15, -0.1) is 0 Å². The molecule has 0 aromatic carbocycles. The summed E-state index contributed by atoms with van der Waals surface area (Å²) in [6.07, 6.45) is 5.98. The van der Waals surface area contributed by atoms with Gasteiger partial charge in [0.05, 0.1) is 18.6 Å². The number of ether oxygens (including phenoxy) is 1. The molecule has 2 atom stereocenters. The molecule has 6 nitrogen and oxygen atoms in total. The van der Waals surface area contributed by atoms with E-state index in [1.165, 1.54) is 19.4 Å². The average Bonchev–Trinajstić information content (AvgIpc) is 2.87. The number of amides is 1. The number of nitrogens with zero attached hydrogens (tertiary/aromatic N) is 1. The molecule has 1 aliphatic carbocycles. The zero-order chi connectivity index (χ0) is 15.2. The second kappa shape index (κ2) is 6.93. The lowest BCUT2D eigenvalue weighted by atomic mass is 9.94. The number of aromatic amines is 1. The second-order valence-electron chi connectivity index (χ2n) is 5.26. The lowest BCUT2D eigenvalue weighted by Gasteiger charge is -2.23. The standard InChI is InChI=1S/C15H19N3O3/c1-21-15(20)11-5-3-2-4-6-12(11)18-14(19)13-7-10(8-16)9-17-13/h7,9,11-12,17H,2-6H2,1H3,(H,18,19)/t11-,12-/m0/s1. The van der Waals surface area contributed by atoms with E-state index in [2.05, 4.69) is 10.3 Å². The molecule has 0 aliphatic heterocycles. The molecule has 1 saturated carbocycles. The van der Waals surface area contributed by atoms with Gasteiger partial charge in [-0.25, -0.2) is 0 Å². The molecule has 0 saturated heterocycles. The molecule has 0 bridgehead atoms. The fourth-order valence-electron chi connectivity index (χ4n) is 2.75. The lowest BCUT2D eigenvalue weighted by Crippen LogP contribution is -2.43. The SMILES string of the molecule is COC(=O)[C@H]1CCCCC[C@@H]1NC(=O)c1cc(C#N)c[nH]1. The van der Waals surface area contributed by atoms with Crippen molar-refractivity contribution in [2.75, 3.05) is 7.11 Å². The molecule has 1 aliphatic rings. The van der Waals surface area contributed by atoms with Crippen molar-refractivity contribution in [2.24, 2.45) is 5.92 Å². The van der Waals surface area contributed by atoms with Gasteiger partial charge in [0.2, 0.25) is 0 Å². The highest BCUT2D eigenvalue weighted by atomic mass is 16.5. The van der Waals surface area contributed by atoms with Gasteiger partial charge in [-0.2, -0.15) is 5.26 Å². The number of H-pyrrole nitrogens is 1. The third-order valence-corrected chi connectivity index (χ3v) is 3.89. The first-order valence-electron chi connectivity index (χ1n) is 7.13. The number of hydrogen-bond donors (Lipinski definition) is 2. The molecule has 2 N–H and O–H groups in total. The van der Waals surface area contributed by atoms with Crippen LogP contribution in [0, 0.1) is 17.2 Å². The normalized spacial score (nSPS) is 21.9. The number of carbonyl (C=O) groups excluding carboxylic acids is 2. The summed E-state index contributed by atoms with van der Waals surface area (Å²) >= 11 is 0. The average molecular weight is 289 g/mol. The molecular weight excluding hydrogens is 270 g/mol. The van der Waals surface area contributed by atoms with Crippen molar-refractivity contribution in [3.8, 4) is 6.07 Å². The fourth-order valence-corrected chi connectivity index (χ4v) is 2.75. The predicted molar refractivity (Wildman–Crippen MR) is 75.4 cm³/mol. The molecule has 1 aromatic heterocycles. The van der Waals surface area contributed by atoms with Gasteiger partial charge in [0.1, 0.15) is 11.8 Å². The van der Waals surface area contributed by atoms with Gasteiger partial charge in [0, 0.05) is 12.2 Å². The molecule has 1 amide bonds. The van der Waals surface area contributed by atoms with Gasteiger partial charge in [-0.05, 0) is 18.9 Å². The summed E-state index contributed by atoms with van der Waals surface area (Å²) in [6, 6.07) is 3.24. The molecule has 21 heavy (non-hydrogen) atoms. The third kappa shape index (κ3) is 3.63. The van der Waals surface area contributed by atoms with Crippen LogP contribution in [0.25, 0.3) is 0 Å². The van der Waals surface area contributed by atoms with Crippen LogP contribution in [0.1, 0.15) is 48.2 Å². The first kappa shape index (κ1) is 15.1. The minimum absolute atomic E-state index is 0.221. The third-order valence-electron chi connectivity index (χ3n) is 3.89. The summed E-state index contributed by atoms with van der Waals surface area (Å²) in [6.45, 7) is 0. The van der Waals surface area contributed by atoms with E-state index >= 15 is 0 Å². The Morgan fingerprint density at radius 3 is 2.81 bits per heavy atom. The monoisotopic (exact) mass is 289 g/mol. The highest BCUT2D eigenvalue weighted by molar-refractivity contribution is 5.93. The molecule has 0 radical (unpaired) electrons. The summed E-state index contributed by atoms with van der Waals surface area (Å²) < 4.78 is 4.84. The van der Waals surface area contributed by atoms with Crippen molar-refractivity contribution in [1.82, 2.24) is 10.3 Å². The molecule has 112 valence electrons. The maximum absolute atomic E-state index is 12.2. The topological polar surface area (TPSA) is 95.0 Å². The van der Waals surface area contributed by atoms with Gasteiger partial charge in [-0.3, -0.25) is 9.59 Å². The van der Waals surface area contributed by atoms with Gasteiger partial charge in [0.25, 0.3) is 5.91 Å². The van der Waals surface area contributed by atoms with E-state index in [1.54, 1.807) is 0 Å². The van der Waals surface area contributed by atoms with Crippen molar-refractivity contribution < 1.29 is 14.3 Å². The Labute approximate surface area is 123 Å². The van der Waals surface area contributed by atoms with E-state index < -0.39 is 0 Å². The van der Waals surface area contributed by atoms with E-state index in [4.69, 9.17) is 10.00 Å². The summed E-state index contributed by atoms with van der Waals surface area (Å²) in [5, 5.41) is 11.7. The van der Waals surface area contributed by atoms with E-state index in [9.17, 15) is 9.59 Å². The Balaban J connectivity index is 2.08. The van der Waals surface area contributed by atoms with Crippen LogP contribution in [0.15, 0.2) is 12.3 Å². The van der Waals surface area contributed by atoms with Gasteiger partial charge in [-0.1, -0.05) is 19.3 Å². The number of hydrogen-bond acceptors (Lipinski definition) is 4. The first-order chi connectivity index (χ1) is 10.2. The van der Waals surface area contributed by atoms with Crippen molar-refractivity contribution in [3.63, 3.8) is 0 Å². The zero-order valence-corrected chi connectivity index (χ0v) is 12.0. The zero-order valence-electron chi connectivity index (χ0n) is 12.0. The van der Waals surface area contributed by atoms with Crippen LogP contribution >= 0.6 is 0 Å². The van der Waals surface area contributed by atoms with Crippen molar-refractivity contribution in [3.05, 3.63) is 23.5 Å². The van der Waals surface area contributed by atoms with Gasteiger partial charge < -0.3 is 15.0 Å². The Kier molecular flexibility index (Phi) is 4.99. The van der Waals surface area contributed by atoms with Crippen LogP contribution in [-0.4, -0.2) is 30.0 Å². The number of nitrogens with one attached hydrogen (secondary N) is 2. The van der Waals surface area contributed by atoms with E-state index in [1.807, 2.05) is 6.07 Å². The number of rotatable bonds is 3. The number of carbonyl (C=O) groups is 2. The first-order valence-corrected chi connectivity index (χ1v) is 7.13. The van der Waals surface area contributed by atoms with Gasteiger partial charge in [0.15, 0.2) is 0 Å². The van der Waals surface area contributed by atoms with Crippen LogP contribution in [0.4, 0.5) is 0 Å². The molecule has 1 aromatic rings. The molecule has 1 heterocycles. The minimum Gasteiger partial charge on any atom is -0.469 e. The molecular formula is C15H19N3O3. The van der Waals surface area contributed by atoms with E-state index in [0.717, 1.165) is 32.1 Å². The quantitative estimate of drug-likeness (QED) is 0.654. The van der Waals surface area contributed by atoms with E-state index in [0.29, 0.717) is 11.3 Å². The van der Waals surface area contributed by atoms with E-state index in [-0.39, 0.29) is 23.8 Å². The van der Waals surface area contributed by atoms with Crippen LogP contribution in [0.3, 0.4) is 0 Å². The smallest absolute Gasteiger partial charge is 0.310 e. The predicted octanol–water partition coefficient (Wildman–Crippen LogP) is 1.74. The Morgan fingerprint density at radius 1 is 1.38 bits per heavy atom. The summed E-state index contributed by atoms with van der Waals surface area (Å²) in [7, 11) is 1.37. The Bertz CT molecular complexity index is 559. The fraction of sp³-hybridized carbons (Fsp3) is 0.533. The molecule has 1 fully saturated rings.